The van der Waals surface area contributed by atoms with Gasteiger partial charge in [0.15, 0.2) is 0 Å². The molecule has 0 aromatic rings. The molecule has 70 valence electrons. The van der Waals surface area contributed by atoms with Gasteiger partial charge in [-0.05, 0) is 19.3 Å². The van der Waals surface area contributed by atoms with Crippen LogP contribution in [0.1, 0.15) is 34.6 Å². The van der Waals surface area contributed by atoms with Gasteiger partial charge in [-0.2, -0.15) is 0 Å². The van der Waals surface area contributed by atoms with E-state index in [-0.39, 0.29) is 5.54 Å². The molecule has 0 aromatic heterocycles. The predicted octanol–water partition coefficient (Wildman–Crippen LogP) is 2.16. The maximum Gasteiger partial charge on any atom is 0.125 e. The first-order chi connectivity index (χ1) is 5.25. The van der Waals surface area contributed by atoms with Crippen molar-refractivity contribution in [1.82, 2.24) is 4.90 Å². The normalized spacial score (nSPS) is 24.8. The Kier molecular flexibility index (Phi) is 1.97. The molecular formula is C10H20N2. The van der Waals surface area contributed by atoms with E-state index in [4.69, 9.17) is 0 Å². The largest absolute Gasteiger partial charge is 0.349 e. The predicted molar refractivity (Wildman–Crippen MR) is 53.6 cm³/mol. The smallest absolute Gasteiger partial charge is 0.125 e. The SMILES string of the molecule is CN1C(=NCC(C)(C)C)C1(C)C. The second kappa shape index (κ2) is 2.48. The summed E-state index contributed by atoms with van der Waals surface area (Å²) in [6.45, 7) is 12.0. The van der Waals surface area contributed by atoms with Gasteiger partial charge in [0.05, 0.1) is 5.54 Å². The van der Waals surface area contributed by atoms with E-state index in [1.165, 1.54) is 5.84 Å². The summed E-state index contributed by atoms with van der Waals surface area (Å²) in [7, 11) is 2.10. The molecule has 0 radical (unpaired) electrons. The van der Waals surface area contributed by atoms with Crippen molar-refractivity contribution >= 4 is 5.84 Å². The Balaban J connectivity index is 2.53. The van der Waals surface area contributed by atoms with Crippen molar-refractivity contribution in [1.29, 1.82) is 0 Å². The van der Waals surface area contributed by atoms with E-state index in [9.17, 15) is 0 Å². The van der Waals surface area contributed by atoms with Gasteiger partial charge in [0.25, 0.3) is 0 Å². The first kappa shape index (κ1) is 9.56. The minimum atomic E-state index is 0.227. The van der Waals surface area contributed by atoms with Crippen LogP contribution in [0.15, 0.2) is 4.99 Å². The van der Waals surface area contributed by atoms with E-state index < -0.39 is 0 Å². The second-order valence-corrected chi connectivity index (χ2v) is 5.32. The third kappa shape index (κ3) is 1.79. The lowest BCUT2D eigenvalue weighted by Crippen LogP contribution is -2.10. The molecule has 0 aromatic carbocycles. The maximum absolute atomic E-state index is 4.58. The van der Waals surface area contributed by atoms with Crippen LogP contribution in [0.3, 0.4) is 0 Å². The van der Waals surface area contributed by atoms with E-state index in [0.29, 0.717) is 5.41 Å². The first-order valence-corrected chi connectivity index (χ1v) is 4.54. The number of hydrogen-bond donors (Lipinski definition) is 0. The number of rotatable bonds is 1. The van der Waals surface area contributed by atoms with E-state index in [2.05, 4.69) is 51.6 Å². The zero-order valence-electron chi connectivity index (χ0n) is 9.10. The van der Waals surface area contributed by atoms with Crippen LogP contribution >= 0.6 is 0 Å². The third-order valence-electron chi connectivity index (χ3n) is 2.36. The lowest BCUT2D eigenvalue weighted by molar-refractivity contribution is 0.429. The molecule has 1 aliphatic rings. The summed E-state index contributed by atoms with van der Waals surface area (Å²) in [4.78, 5) is 6.80. The molecule has 1 aliphatic heterocycles. The quantitative estimate of drug-likeness (QED) is 0.548. The van der Waals surface area contributed by atoms with Crippen LogP contribution in [0.5, 0.6) is 0 Å². The van der Waals surface area contributed by atoms with Gasteiger partial charge in [-0.3, -0.25) is 4.99 Å². The Morgan fingerprint density at radius 1 is 1.33 bits per heavy atom. The number of likely N-dealkylation sites (N-methyl/N-ethyl adjacent to an activating group) is 1. The number of nitrogens with zero attached hydrogens (tertiary/aromatic N) is 2. The van der Waals surface area contributed by atoms with Crippen molar-refractivity contribution in [3.63, 3.8) is 0 Å². The Morgan fingerprint density at radius 2 is 1.75 bits per heavy atom. The van der Waals surface area contributed by atoms with Crippen molar-refractivity contribution in [2.45, 2.75) is 40.2 Å². The van der Waals surface area contributed by atoms with Crippen LogP contribution in [0, 0.1) is 5.41 Å². The molecule has 1 saturated heterocycles. The summed E-state index contributed by atoms with van der Waals surface area (Å²) >= 11 is 0. The van der Waals surface area contributed by atoms with Crippen LogP contribution in [-0.4, -0.2) is 29.9 Å². The van der Waals surface area contributed by atoms with Gasteiger partial charge < -0.3 is 4.90 Å². The standard InChI is InChI=1S/C10H20N2/c1-9(2,3)7-11-8-10(4,5)12(8)6/h7H2,1-6H3. The molecule has 12 heavy (non-hydrogen) atoms. The van der Waals surface area contributed by atoms with Crippen LogP contribution in [-0.2, 0) is 0 Å². The summed E-state index contributed by atoms with van der Waals surface area (Å²) in [5.41, 5.74) is 0.539. The molecule has 0 amide bonds. The number of amidine groups is 1. The summed E-state index contributed by atoms with van der Waals surface area (Å²) in [5.74, 6) is 1.25. The first-order valence-electron chi connectivity index (χ1n) is 4.54. The minimum absolute atomic E-state index is 0.227. The summed E-state index contributed by atoms with van der Waals surface area (Å²) in [5, 5.41) is 0. The molecule has 0 atom stereocenters. The highest BCUT2D eigenvalue weighted by atomic mass is 15.4. The average molecular weight is 168 g/mol. The Bertz CT molecular complexity index is 208. The van der Waals surface area contributed by atoms with Crippen LogP contribution in [0.25, 0.3) is 0 Å². The zero-order valence-corrected chi connectivity index (χ0v) is 9.10. The molecule has 0 bridgehead atoms. The molecule has 0 aliphatic carbocycles. The monoisotopic (exact) mass is 168 g/mol. The molecule has 0 spiro atoms. The fourth-order valence-electron chi connectivity index (χ4n) is 1.17. The number of aliphatic imine (C=N–C) groups is 1. The van der Waals surface area contributed by atoms with Crippen molar-refractivity contribution in [3.8, 4) is 0 Å². The average Bonchev–Trinajstić information content (AvgIpc) is 2.28. The van der Waals surface area contributed by atoms with E-state index in [1.54, 1.807) is 0 Å². The molecule has 2 nitrogen and oxygen atoms in total. The molecule has 0 unspecified atom stereocenters. The third-order valence-corrected chi connectivity index (χ3v) is 2.36. The van der Waals surface area contributed by atoms with Gasteiger partial charge in [0.1, 0.15) is 5.84 Å². The van der Waals surface area contributed by atoms with Crippen molar-refractivity contribution < 1.29 is 0 Å². The molecule has 1 rings (SSSR count). The summed E-state index contributed by atoms with van der Waals surface area (Å²) in [6, 6.07) is 0. The Morgan fingerprint density at radius 3 is 2.00 bits per heavy atom. The van der Waals surface area contributed by atoms with Gasteiger partial charge in [-0.25, -0.2) is 0 Å². The fraction of sp³-hybridized carbons (Fsp3) is 0.900. The summed E-state index contributed by atoms with van der Waals surface area (Å²) in [6.07, 6.45) is 0. The van der Waals surface area contributed by atoms with Crippen LogP contribution in [0.2, 0.25) is 0 Å². The van der Waals surface area contributed by atoms with Gasteiger partial charge in [-0.1, -0.05) is 20.8 Å². The van der Waals surface area contributed by atoms with E-state index in [1.807, 2.05) is 0 Å². The molecule has 0 N–H and O–H groups in total. The van der Waals surface area contributed by atoms with Crippen molar-refractivity contribution in [3.05, 3.63) is 0 Å². The molecule has 2 heteroatoms. The fourth-order valence-corrected chi connectivity index (χ4v) is 1.17. The highest BCUT2D eigenvalue weighted by molar-refractivity contribution is 6.05. The molecule has 1 heterocycles. The highest BCUT2D eigenvalue weighted by Crippen LogP contribution is 2.32. The second-order valence-electron chi connectivity index (χ2n) is 5.32. The lowest BCUT2D eigenvalue weighted by Gasteiger charge is -2.13. The Hall–Kier alpha value is -0.530. The maximum atomic E-state index is 4.58. The molecular weight excluding hydrogens is 148 g/mol. The highest BCUT2D eigenvalue weighted by Gasteiger charge is 2.48. The summed E-state index contributed by atoms with van der Waals surface area (Å²) < 4.78 is 0. The van der Waals surface area contributed by atoms with Crippen LogP contribution < -0.4 is 0 Å². The van der Waals surface area contributed by atoms with Gasteiger partial charge in [0, 0.05) is 13.6 Å². The van der Waals surface area contributed by atoms with Crippen LogP contribution in [0.4, 0.5) is 0 Å². The number of hydrogen-bond acceptors (Lipinski definition) is 1. The minimum Gasteiger partial charge on any atom is -0.349 e. The topological polar surface area (TPSA) is 15.4 Å². The lowest BCUT2D eigenvalue weighted by atomic mass is 9.97. The van der Waals surface area contributed by atoms with Gasteiger partial charge in [-0.15, -0.1) is 0 Å². The van der Waals surface area contributed by atoms with Gasteiger partial charge in [0.2, 0.25) is 0 Å². The molecule has 0 saturated carbocycles. The van der Waals surface area contributed by atoms with E-state index >= 15 is 0 Å². The van der Waals surface area contributed by atoms with Gasteiger partial charge >= 0.3 is 0 Å². The van der Waals surface area contributed by atoms with Crippen molar-refractivity contribution in [2.24, 2.45) is 10.4 Å². The van der Waals surface area contributed by atoms with E-state index in [0.717, 1.165) is 6.54 Å². The molecule has 1 fully saturated rings. The zero-order chi connectivity index (χ0) is 9.57. The van der Waals surface area contributed by atoms with Crippen molar-refractivity contribution in [2.75, 3.05) is 13.6 Å². The Labute approximate surface area is 75.7 Å².